The topological polar surface area (TPSA) is 52.6 Å². The van der Waals surface area contributed by atoms with Gasteiger partial charge in [-0.2, -0.15) is 0 Å². The smallest absolute Gasteiger partial charge is 0.342 e. The van der Waals surface area contributed by atoms with Crippen LogP contribution in [-0.4, -0.2) is 18.4 Å². The molecule has 6 rings (SSSR count). The van der Waals surface area contributed by atoms with E-state index in [4.69, 9.17) is 21.1 Å². The maximum absolute atomic E-state index is 13.1. The maximum Gasteiger partial charge on any atom is 0.342 e. The molecule has 5 heteroatoms. The van der Waals surface area contributed by atoms with Crippen LogP contribution < -0.4 is 4.74 Å². The molecule has 0 aliphatic heterocycles. The van der Waals surface area contributed by atoms with E-state index in [9.17, 15) is 9.59 Å². The monoisotopic (exact) mass is 438 g/mol. The number of rotatable bonds is 7. The Morgan fingerprint density at radius 2 is 1.52 bits per heavy atom. The molecule has 0 aromatic heterocycles. The number of ether oxygens (including phenoxy) is 2. The molecule has 0 radical (unpaired) electrons. The molecule has 2 aromatic carbocycles. The molecular formula is C26H27ClO4. The number of benzene rings is 2. The molecule has 0 unspecified atom stereocenters. The second-order valence-electron chi connectivity index (χ2n) is 9.61. The predicted molar refractivity (Wildman–Crippen MR) is 118 cm³/mol. The van der Waals surface area contributed by atoms with E-state index in [1.54, 1.807) is 30.3 Å². The average Bonchev–Trinajstić information content (AvgIpc) is 2.76. The molecule has 4 bridgehead atoms. The standard InChI is InChI=1S/C26H27ClO4/c27-21-7-5-17(6-8-21)15-30-23-4-2-1-3-22(23)25(29)31-16-24(28)26-12-18-9-19(13-26)11-20(10-18)14-26/h1-8,18-20H,9-16H2. The number of halogens is 1. The zero-order valence-corrected chi connectivity index (χ0v) is 18.3. The first-order valence-electron chi connectivity index (χ1n) is 11.2. The molecule has 0 heterocycles. The van der Waals surface area contributed by atoms with Crippen LogP contribution >= 0.6 is 11.6 Å². The Morgan fingerprint density at radius 3 is 2.16 bits per heavy atom. The van der Waals surface area contributed by atoms with E-state index in [0.29, 0.717) is 40.7 Å². The highest BCUT2D eigenvalue weighted by molar-refractivity contribution is 6.30. The molecule has 0 spiro atoms. The summed E-state index contributed by atoms with van der Waals surface area (Å²) in [5.41, 5.74) is 1.04. The summed E-state index contributed by atoms with van der Waals surface area (Å²) in [7, 11) is 0. The number of Topliss-reactive ketones (excluding diaryl/α,β-unsaturated/α-hetero) is 1. The zero-order chi connectivity index (χ0) is 21.4. The van der Waals surface area contributed by atoms with Gasteiger partial charge in [0, 0.05) is 10.4 Å². The molecule has 4 fully saturated rings. The van der Waals surface area contributed by atoms with Gasteiger partial charge in [-0.25, -0.2) is 4.79 Å². The first-order valence-corrected chi connectivity index (χ1v) is 11.6. The molecule has 4 saturated carbocycles. The lowest BCUT2D eigenvalue weighted by molar-refractivity contribution is -0.147. The summed E-state index contributed by atoms with van der Waals surface area (Å²) in [5, 5.41) is 0.663. The minimum atomic E-state index is -0.509. The fraction of sp³-hybridized carbons (Fsp3) is 0.462. The highest BCUT2D eigenvalue weighted by Crippen LogP contribution is 2.60. The summed E-state index contributed by atoms with van der Waals surface area (Å²) in [6, 6.07) is 14.4. The van der Waals surface area contributed by atoms with E-state index in [1.807, 2.05) is 18.2 Å². The Hall–Kier alpha value is -2.33. The van der Waals surface area contributed by atoms with Gasteiger partial charge < -0.3 is 9.47 Å². The summed E-state index contributed by atoms with van der Waals surface area (Å²) in [4.78, 5) is 25.9. The van der Waals surface area contributed by atoms with Crippen molar-refractivity contribution in [3.8, 4) is 5.75 Å². The summed E-state index contributed by atoms with van der Waals surface area (Å²) in [6.07, 6.45) is 6.79. The number of para-hydroxylation sites is 1. The van der Waals surface area contributed by atoms with Crippen molar-refractivity contribution in [2.24, 2.45) is 23.2 Å². The van der Waals surface area contributed by atoms with E-state index in [0.717, 1.165) is 24.8 Å². The minimum Gasteiger partial charge on any atom is -0.488 e. The zero-order valence-electron chi connectivity index (χ0n) is 17.5. The Balaban J connectivity index is 1.22. The van der Waals surface area contributed by atoms with Gasteiger partial charge in [-0.1, -0.05) is 35.9 Å². The van der Waals surface area contributed by atoms with Gasteiger partial charge in [-0.05, 0) is 86.1 Å². The van der Waals surface area contributed by atoms with Crippen molar-refractivity contribution in [3.05, 3.63) is 64.7 Å². The molecule has 0 amide bonds. The Bertz CT molecular complexity index is 946. The largest absolute Gasteiger partial charge is 0.488 e. The van der Waals surface area contributed by atoms with E-state index in [1.165, 1.54) is 19.3 Å². The predicted octanol–water partition coefficient (Wildman–Crippen LogP) is 5.86. The lowest BCUT2D eigenvalue weighted by Crippen LogP contribution is -2.51. The van der Waals surface area contributed by atoms with Crippen LogP contribution in [0.5, 0.6) is 5.75 Å². The van der Waals surface area contributed by atoms with Crippen molar-refractivity contribution in [2.45, 2.75) is 45.1 Å². The summed E-state index contributed by atoms with van der Waals surface area (Å²) in [6.45, 7) is 0.171. The summed E-state index contributed by atoms with van der Waals surface area (Å²) >= 11 is 5.92. The fourth-order valence-corrected chi connectivity index (χ4v) is 6.44. The van der Waals surface area contributed by atoms with Crippen molar-refractivity contribution in [1.82, 2.24) is 0 Å². The van der Waals surface area contributed by atoms with Crippen molar-refractivity contribution < 1.29 is 19.1 Å². The lowest BCUT2D eigenvalue weighted by atomic mass is 9.48. The Labute approximate surface area is 187 Å². The van der Waals surface area contributed by atoms with E-state index < -0.39 is 5.97 Å². The van der Waals surface area contributed by atoms with Gasteiger partial charge in [0.2, 0.25) is 0 Å². The molecule has 0 N–H and O–H groups in total. The van der Waals surface area contributed by atoms with Crippen LogP contribution in [0, 0.1) is 23.2 Å². The second-order valence-corrected chi connectivity index (χ2v) is 10.0. The van der Waals surface area contributed by atoms with Crippen LogP contribution in [0.1, 0.15) is 54.4 Å². The van der Waals surface area contributed by atoms with Gasteiger partial charge in [-0.3, -0.25) is 4.79 Å². The van der Waals surface area contributed by atoms with Gasteiger partial charge in [0.25, 0.3) is 0 Å². The minimum absolute atomic E-state index is 0.111. The molecule has 4 aliphatic rings. The molecule has 0 saturated heterocycles. The van der Waals surface area contributed by atoms with Crippen LogP contribution in [0.2, 0.25) is 5.02 Å². The number of carbonyl (C=O) groups is 2. The van der Waals surface area contributed by atoms with Crippen LogP contribution in [-0.2, 0) is 16.1 Å². The van der Waals surface area contributed by atoms with Crippen LogP contribution in [0.3, 0.4) is 0 Å². The quantitative estimate of drug-likeness (QED) is 0.508. The molecule has 162 valence electrons. The number of carbonyl (C=O) groups excluding carboxylic acids is 2. The number of hydrogen-bond donors (Lipinski definition) is 0. The molecule has 4 nitrogen and oxygen atoms in total. The van der Waals surface area contributed by atoms with Crippen molar-refractivity contribution in [1.29, 1.82) is 0 Å². The average molecular weight is 439 g/mol. The van der Waals surface area contributed by atoms with Gasteiger partial charge in [0.05, 0.1) is 0 Å². The number of ketones is 1. The molecular weight excluding hydrogens is 412 g/mol. The number of hydrogen-bond acceptors (Lipinski definition) is 4. The lowest BCUT2D eigenvalue weighted by Gasteiger charge is -2.55. The van der Waals surface area contributed by atoms with Crippen molar-refractivity contribution in [3.63, 3.8) is 0 Å². The Kier molecular flexibility index (Phi) is 5.51. The third-order valence-corrected chi connectivity index (χ3v) is 7.63. The highest BCUT2D eigenvalue weighted by atomic mass is 35.5. The van der Waals surface area contributed by atoms with Crippen molar-refractivity contribution >= 4 is 23.4 Å². The number of esters is 1. The molecule has 0 atom stereocenters. The normalized spacial score (nSPS) is 28.4. The van der Waals surface area contributed by atoms with E-state index in [2.05, 4.69) is 0 Å². The van der Waals surface area contributed by atoms with Crippen LogP contribution in [0.25, 0.3) is 0 Å². The first-order chi connectivity index (χ1) is 15.0. The Morgan fingerprint density at radius 1 is 0.903 bits per heavy atom. The van der Waals surface area contributed by atoms with Gasteiger partial charge in [0.15, 0.2) is 12.4 Å². The third-order valence-electron chi connectivity index (χ3n) is 7.38. The SMILES string of the molecule is O=C(OCC(=O)C12CC3CC(CC(C3)C1)C2)c1ccccc1OCc1ccc(Cl)cc1. The van der Waals surface area contributed by atoms with Crippen LogP contribution in [0.15, 0.2) is 48.5 Å². The van der Waals surface area contributed by atoms with Crippen LogP contribution in [0.4, 0.5) is 0 Å². The van der Waals surface area contributed by atoms with E-state index >= 15 is 0 Å². The fourth-order valence-electron chi connectivity index (χ4n) is 6.32. The molecule has 2 aromatic rings. The first kappa shape index (κ1) is 20.6. The second kappa shape index (κ2) is 8.31. The van der Waals surface area contributed by atoms with Gasteiger partial charge >= 0.3 is 5.97 Å². The van der Waals surface area contributed by atoms with Crippen molar-refractivity contribution in [2.75, 3.05) is 6.61 Å². The van der Waals surface area contributed by atoms with Gasteiger partial charge in [0.1, 0.15) is 17.9 Å². The maximum atomic E-state index is 13.1. The summed E-state index contributed by atoms with van der Waals surface area (Å²) < 4.78 is 11.4. The molecule has 31 heavy (non-hydrogen) atoms. The highest BCUT2D eigenvalue weighted by Gasteiger charge is 2.54. The van der Waals surface area contributed by atoms with E-state index in [-0.39, 0.29) is 17.8 Å². The van der Waals surface area contributed by atoms with Gasteiger partial charge in [-0.15, -0.1) is 0 Å². The third kappa shape index (κ3) is 4.23. The molecule has 4 aliphatic carbocycles. The summed E-state index contributed by atoms with van der Waals surface area (Å²) in [5.74, 6) is 2.11.